The van der Waals surface area contributed by atoms with Crippen molar-refractivity contribution in [1.82, 2.24) is 5.32 Å². The molecule has 0 aliphatic rings. The number of amides is 1. The lowest BCUT2D eigenvalue weighted by molar-refractivity contribution is -0.385. The van der Waals surface area contributed by atoms with Crippen LogP contribution in [0, 0.1) is 24.0 Å². The van der Waals surface area contributed by atoms with Gasteiger partial charge in [-0.05, 0) is 25.0 Å². The van der Waals surface area contributed by atoms with E-state index >= 15 is 0 Å². The average molecular weight is 344 g/mol. The number of aryl methyl sites for hydroxylation is 2. The van der Waals surface area contributed by atoms with Crippen LogP contribution in [0.15, 0.2) is 30.3 Å². The summed E-state index contributed by atoms with van der Waals surface area (Å²) in [7, 11) is 2.78. The van der Waals surface area contributed by atoms with Gasteiger partial charge in [-0.3, -0.25) is 14.9 Å². The number of rotatable bonds is 6. The molecular formula is C18H20N2O5. The van der Waals surface area contributed by atoms with Gasteiger partial charge in [0, 0.05) is 12.6 Å². The van der Waals surface area contributed by atoms with Gasteiger partial charge in [0.2, 0.25) is 0 Å². The first-order chi connectivity index (χ1) is 11.9. The Morgan fingerprint density at radius 3 is 2.32 bits per heavy atom. The topological polar surface area (TPSA) is 90.7 Å². The van der Waals surface area contributed by atoms with E-state index < -0.39 is 10.8 Å². The van der Waals surface area contributed by atoms with Crippen molar-refractivity contribution < 1.29 is 19.2 Å². The predicted octanol–water partition coefficient (Wildman–Crippen LogP) is 3.16. The summed E-state index contributed by atoms with van der Waals surface area (Å²) in [6.45, 7) is 4.21. The number of ether oxygens (including phenoxy) is 2. The molecule has 7 nitrogen and oxygen atoms in total. The summed E-state index contributed by atoms with van der Waals surface area (Å²) in [5, 5.41) is 14.0. The van der Waals surface area contributed by atoms with Crippen molar-refractivity contribution in [2.45, 2.75) is 20.4 Å². The summed E-state index contributed by atoms with van der Waals surface area (Å²) in [5.74, 6) is -0.0995. The molecule has 0 aliphatic heterocycles. The van der Waals surface area contributed by atoms with Crippen LogP contribution in [0.4, 0.5) is 5.69 Å². The van der Waals surface area contributed by atoms with Crippen LogP contribution in [0.2, 0.25) is 0 Å². The molecule has 2 aromatic carbocycles. The van der Waals surface area contributed by atoms with Gasteiger partial charge in [-0.15, -0.1) is 0 Å². The lowest BCUT2D eigenvalue weighted by Gasteiger charge is -2.12. The van der Waals surface area contributed by atoms with E-state index in [1.54, 1.807) is 0 Å². The molecule has 2 rings (SSSR count). The van der Waals surface area contributed by atoms with Gasteiger partial charge in [-0.1, -0.05) is 23.8 Å². The van der Waals surface area contributed by atoms with E-state index in [9.17, 15) is 14.9 Å². The first-order valence-electron chi connectivity index (χ1n) is 7.62. The summed E-state index contributed by atoms with van der Waals surface area (Å²) in [4.78, 5) is 23.1. The maximum absolute atomic E-state index is 12.5. The van der Waals surface area contributed by atoms with Crippen LogP contribution < -0.4 is 14.8 Å². The molecule has 0 atom stereocenters. The first kappa shape index (κ1) is 18.3. The third-order valence-corrected chi connectivity index (χ3v) is 3.88. The van der Waals surface area contributed by atoms with Gasteiger partial charge >= 0.3 is 0 Å². The molecule has 2 aromatic rings. The number of carbonyl (C=O) groups is 1. The zero-order valence-corrected chi connectivity index (χ0v) is 14.6. The molecule has 0 saturated carbocycles. The van der Waals surface area contributed by atoms with Crippen LogP contribution in [0.5, 0.6) is 11.5 Å². The summed E-state index contributed by atoms with van der Waals surface area (Å²) in [6, 6.07) is 8.39. The van der Waals surface area contributed by atoms with E-state index in [-0.39, 0.29) is 29.3 Å². The number of hydrogen-bond acceptors (Lipinski definition) is 5. The highest BCUT2D eigenvalue weighted by atomic mass is 16.6. The van der Waals surface area contributed by atoms with Crippen molar-refractivity contribution in [2.75, 3.05) is 14.2 Å². The van der Waals surface area contributed by atoms with Crippen molar-refractivity contribution in [1.29, 1.82) is 0 Å². The van der Waals surface area contributed by atoms with E-state index in [0.717, 1.165) is 16.7 Å². The molecule has 25 heavy (non-hydrogen) atoms. The normalized spacial score (nSPS) is 10.2. The molecule has 0 aromatic heterocycles. The fraction of sp³-hybridized carbons (Fsp3) is 0.278. The van der Waals surface area contributed by atoms with Crippen LogP contribution >= 0.6 is 0 Å². The molecule has 0 radical (unpaired) electrons. The molecule has 0 heterocycles. The highest BCUT2D eigenvalue weighted by molar-refractivity contribution is 5.99. The Morgan fingerprint density at radius 1 is 1.12 bits per heavy atom. The molecule has 0 bridgehead atoms. The van der Waals surface area contributed by atoms with Gasteiger partial charge in [0.15, 0.2) is 11.5 Å². The first-order valence-corrected chi connectivity index (χ1v) is 7.62. The van der Waals surface area contributed by atoms with Gasteiger partial charge in [0.05, 0.1) is 25.2 Å². The van der Waals surface area contributed by atoms with Crippen molar-refractivity contribution in [3.05, 3.63) is 62.7 Å². The van der Waals surface area contributed by atoms with Gasteiger partial charge in [-0.2, -0.15) is 0 Å². The van der Waals surface area contributed by atoms with Crippen molar-refractivity contribution >= 4 is 11.6 Å². The highest BCUT2D eigenvalue weighted by Gasteiger charge is 2.24. The van der Waals surface area contributed by atoms with Crippen LogP contribution in [0.1, 0.15) is 27.0 Å². The molecule has 132 valence electrons. The lowest BCUT2D eigenvalue weighted by Crippen LogP contribution is -2.24. The second-order valence-corrected chi connectivity index (χ2v) is 5.59. The second-order valence-electron chi connectivity index (χ2n) is 5.59. The maximum atomic E-state index is 12.5. The average Bonchev–Trinajstić information content (AvgIpc) is 2.59. The van der Waals surface area contributed by atoms with Crippen molar-refractivity contribution in [3.8, 4) is 11.5 Å². The number of nitro groups is 1. The minimum absolute atomic E-state index is 0.0765. The number of hydrogen-bond donors (Lipinski definition) is 1. The number of nitrogens with one attached hydrogen (secondary N) is 1. The molecule has 7 heteroatoms. The Balaban J connectivity index is 2.29. The molecule has 0 unspecified atom stereocenters. The van der Waals surface area contributed by atoms with E-state index in [1.165, 1.54) is 26.4 Å². The van der Waals surface area contributed by atoms with E-state index in [1.807, 2.05) is 32.0 Å². The number of methoxy groups -OCH3 is 2. The zero-order valence-electron chi connectivity index (χ0n) is 14.6. The van der Waals surface area contributed by atoms with E-state index in [0.29, 0.717) is 0 Å². The summed E-state index contributed by atoms with van der Waals surface area (Å²) >= 11 is 0. The molecule has 0 aliphatic carbocycles. The van der Waals surface area contributed by atoms with Crippen LogP contribution in [0.3, 0.4) is 0 Å². The number of benzene rings is 2. The summed E-state index contributed by atoms with van der Waals surface area (Å²) < 4.78 is 10.2. The third kappa shape index (κ3) is 4.06. The number of nitrogens with zero attached hydrogens (tertiary/aromatic N) is 1. The summed E-state index contributed by atoms with van der Waals surface area (Å²) in [5.41, 5.74) is 2.70. The zero-order chi connectivity index (χ0) is 18.6. The fourth-order valence-electron chi connectivity index (χ4n) is 2.52. The quantitative estimate of drug-likeness (QED) is 0.642. The fourth-order valence-corrected chi connectivity index (χ4v) is 2.52. The molecule has 0 saturated heterocycles. The molecule has 1 N–H and O–H groups in total. The van der Waals surface area contributed by atoms with Crippen LogP contribution in [-0.4, -0.2) is 25.1 Å². The third-order valence-electron chi connectivity index (χ3n) is 3.88. The largest absolute Gasteiger partial charge is 0.493 e. The minimum atomic E-state index is -0.617. The molecular weight excluding hydrogens is 324 g/mol. The van der Waals surface area contributed by atoms with Gasteiger partial charge in [-0.25, -0.2) is 0 Å². The Morgan fingerprint density at radius 2 is 1.76 bits per heavy atom. The maximum Gasteiger partial charge on any atom is 0.286 e. The van der Waals surface area contributed by atoms with Gasteiger partial charge in [0.25, 0.3) is 11.6 Å². The molecule has 1 amide bonds. The molecule has 0 spiro atoms. The molecule has 0 fully saturated rings. The SMILES string of the molecule is COc1cc(C(=O)NCc2ccc(C)cc2C)c([N+](=O)[O-])cc1OC. The highest BCUT2D eigenvalue weighted by Crippen LogP contribution is 2.34. The van der Waals surface area contributed by atoms with Gasteiger partial charge in [0.1, 0.15) is 5.56 Å². The minimum Gasteiger partial charge on any atom is -0.493 e. The monoisotopic (exact) mass is 344 g/mol. The van der Waals surface area contributed by atoms with Crippen LogP contribution in [0.25, 0.3) is 0 Å². The Hall–Kier alpha value is -3.09. The van der Waals surface area contributed by atoms with Crippen LogP contribution in [-0.2, 0) is 6.54 Å². The smallest absolute Gasteiger partial charge is 0.286 e. The summed E-state index contributed by atoms with van der Waals surface area (Å²) in [6.07, 6.45) is 0. The van der Waals surface area contributed by atoms with Crippen molar-refractivity contribution in [3.63, 3.8) is 0 Å². The standard InChI is InChI=1S/C18H20N2O5/c1-11-5-6-13(12(2)7-11)10-19-18(21)14-8-16(24-3)17(25-4)9-15(14)20(22)23/h5-9H,10H2,1-4H3,(H,19,21). The lowest BCUT2D eigenvalue weighted by atomic mass is 10.1. The van der Waals surface area contributed by atoms with E-state index in [4.69, 9.17) is 9.47 Å². The number of carbonyl (C=O) groups excluding carboxylic acids is 1. The van der Waals surface area contributed by atoms with E-state index in [2.05, 4.69) is 5.32 Å². The Kier molecular flexibility index (Phi) is 5.59. The second kappa shape index (κ2) is 7.65. The Labute approximate surface area is 145 Å². The Bertz CT molecular complexity index is 817. The number of nitro benzene ring substituents is 1. The predicted molar refractivity (Wildman–Crippen MR) is 93.3 cm³/mol. The van der Waals surface area contributed by atoms with Crippen molar-refractivity contribution in [2.24, 2.45) is 0 Å². The van der Waals surface area contributed by atoms with Gasteiger partial charge < -0.3 is 14.8 Å².